The van der Waals surface area contributed by atoms with Gasteiger partial charge < -0.3 is 5.73 Å². The van der Waals surface area contributed by atoms with E-state index >= 15 is 0 Å². The number of hydrogen-bond donors (Lipinski definition) is 1. The second-order valence-electron chi connectivity index (χ2n) is 3.96. The molecule has 1 aromatic carbocycles. The first-order valence-corrected chi connectivity index (χ1v) is 5.04. The van der Waals surface area contributed by atoms with Crippen LogP contribution in [0.1, 0.15) is 30.6 Å². The molecule has 0 amide bonds. The van der Waals surface area contributed by atoms with E-state index in [0.29, 0.717) is 12.0 Å². The van der Waals surface area contributed by atoms with Gasteiger partial charge in [-0.05, 0) is 18.6 Å². The topological polar surface area (TPSA) is 43.1 Å². The predicted molar refractivity (Wildman–Crippen MR) is 58.2 cm³/mol. The summed E-state index contributed by atoms with van der Waals surface area (Å²) >= 11 is 0. The van der Waals surface area contributed by atoms with Crippen LogP contribution in [0.15, 0.2) is 24.3 Å². The number of ketones is 1. The van der Waals surface area contributed by atoms with Gasteiger partial charge in [0.05, 0.1) is 0 Å². The Kier molecular flexibility index (Phi) is 3.58. The molecule has 3 heteroatoms. The molecule has 1 rings (SSSR count). The van der Waals surface area contributed by atoms with Crippen molar-refractivity contribution < 1.29 is 9.18 Å². The molecule has 0 saturated heterocycles. The Morgan fingerprint density at radius 3 is 2.67 bits per heavy atom. The lowest BCUT2D eigenvalue weighted by atomic mass is 9.80. The van der Waals surface area contributed by atoms with Gasteiger partial charge in [-0.2, -0.15) is 0 Å². The summed E-state index contributed by atoms with van der Waals surface area (Å²) in [5, 5.41) is 0. The molecule has 2 N–H and O–H groups in total. The van der Waals surface area contributed by atoms with Crippen molar-refractivity contribution in [2.24, 2.45) is 11.1 Å². The molecule has 0 aliphatic heterocycles. The molecule has 0 aliphatic rings. The third-order valence-electron chi connectivity index (χ3n) is 2.87. The van der Waals surface area contributed by atoms with Crippen LogP contribution >= 0.6 is 0 Å². The van der Waals surface area contributed by atoms with Crippen LogP contribution < -0.4 is 5.73 Å². The van der Waals surface area contributed by atoms with Crippen LogP contribution in [0.5, 0.6) is 0 Å². The number of benzene rings is 1. The van der Waals surface area contributed by atoms with E-state index in [1.54, 1.807) is 13.0 Å². The van der Waals surface area contributed by atoms with Crippen molar-refractivity contribution in [2.75, 3.05) is 6.54 Å². The summed E-state index contributed by atoms with van der Waals surface area (Å²) in [5.74, 6) is -0.483. The number of carbonyl (C=O) groups excluding carboxylic acids is 1. The molecule has 0 aliphatic carbocycles. The highest BCUT2D eigenvalue weighted by molar-refractivity contribution is 6.00. The Labute approximate surface area is 89.3 Å². The summed E-state index contributed by atoms with van der Waals surface area (Å²) in [4.78, 5) is 12.0. The molecule has 0 heterocycles. The van der Waals surface area contributed by atoms with Crippen LogP contribution in [0.2, 0.25) is 0 Å². The summed E-state index contributed by atoms with van der Waals surface area (Å²) in [5.41, 5.74) is 5.38. The molecule has 15 heavy (non-hydrogen) atoms. The SMILES string of the molecule is CCC(C)(CN)C(=O)c1cccc(F)c1. The zero-order valence-corrected chi connectivity index (χ0v) is 9.09. The van der Waals surface area contributed by atoms with Gasteiger partial charge in [-0.15, -0.1) is 0 Å². The minimum atomic E-state index is -0.589. The van der Waals surface area contributed by atoms with Gasteiger partial charge in [0.15, 0.2) is 5.78 Å². The van der Waals surface area contributed by atoms with Gasteiger partial charge in [-0.3, -0.25) is 4.79 Å². The summed E-state index contributed by atoms with van der Waals surface area (Å²) in [6.07, 6.45) is 0.652. The highest BCUT2D eigenvalue weighted by Gasteiger charge is 2.30. The lowest BCUT2D eigenvalue weighted by Gasteiger charge is -2.24. The zero-order chi connectivity index (χ0) is 11.5. The Bertz CT molecular complexity index is 358. The molecule has 0 radical (unpaired) electrons. The van der Waals surface area contributed by atoms with Crippen molar-refractivity contribution in [3.63, 3.8) is 0 Å². The van der Waals surface area contributed by atoms with Crippen LogP contribution in [0.4, 0.5) is 4.39 Å². The van der Waals surface area contributed by atoms with Gasteiger partial charge in [0, 0.05) is 17.5 Å². The Morgan fingerprint density at radius 1 is 1.53 bits per heavy atom. The van der Waals surface area contributed by atoms with Crippen molar-refractivity contribution in [1.82, 2.24) is 0 Å². The summed E-state index contributed by atoms with van der Waals surface area (Å²) in [6, 6.07) is 5.73. The molecule has 2 nitrogen and oxygen atoms in total. The fraction of sp³-hybridized carbons (Fsp3) is 0.417. The van der Waals surface area contributed by atoms with Crippen molar-refractivity contribution in [3.8, 4) is 0 Å². The van der Waals surface area contributed by atoms with Gasteiger partial charge >= 0.3 is 0 Å². The molecular weight excluding hydrogens is 193 g/mol. The minimum Gasteiger partial charge on any atom is -0.329 e. The van der Waals surface area contributed by atoms with Crippen LogP contribution in [-0.2, 0) is 0 Å². The normalized spacial score (nSPS) is 14.7. The van der Waals surface area contributed by atoms with Gasteiger partial charge in [-0.25, -0.2) is 4.39 Å². The van der Waals surface area contributed by atoms with E-state index in [-0.39, 0.29) is 12.3 Å². The Morgan fingerprint density at radius 2 is 2.20 bits per heavy atom. The highest BCUT2D eigenvalue weighted by Crippen LogP contribution is 2.25. The largest absolute Gasteiger partial charge is 0.329 e. The average molecular weight is 209 g/mol. The number of halogens is 1. The van der Waals surface area contributed by atoms with E-state index in [1.165, 1.54) is 18.2 Å². The van der Waals surface area contributed by atoms with Crippen molar-refractivity contribution in [1.29, 1.82) is 0 Å². The second kappa shape index (κ2) is 4.53. The molecule has 1 atom stereocenters. The smallest absolute Gasteiger partial charge is 0.170 e. The van der Waals surface area contributed by atoms with E-state index in [2.05, 4.69) is 0 Å². The summed E-state index contributed by atoms with van der Waals surface area (Å²) < 4.78 is 12.9. The first-order chi connectivity index (χ1) is 7.03. The van der Waals surface area contributed by atoms with Gasteiger partial charge in [-0.1, -0.05) is 26.0 Å². The van der Waals surface area contributed by atoms with Crippen molar-refractivity contribution >= 4 is 5.78 Å². The van der Waals surface area contributed by atoms with E-state index in [4.69, 9.17) is 5.73 Å². The molecule has 0 fully saturated rings. The van der Waals surface area contributed by atoms with Gasteiger partial charge in [0.1, 0.15) is 5.82 Å². The van der Waals surface area contributed by atoms with Crippen LogP contribution in [0.25, 0.3) is 0 Å². The molecule has 0 spiro atoms. The van der Waals surface area contributed by atoms with Gasteiger partial charge in [0.25, 0.3) is 0 Å². The Balaban J connectivity index is 3.03. The maximum absolute atomic E-state index is 12.9. The first-order valence-electron chi connectivity index (χ1n) is 5.04. The minimum absolute atomic E-state index is 0.0907. The number of nitrogens with two attached hydrogens (primary N) is 1. The van der Waals surface area contributed by atoms with Crippen molar-refractivity contribution in [2.45, 2.75) is 20.3 Å². The van der Waals surface area contributed by atoms with Crippen molar-refractivity contribution in [3.05, 3.63) is 35.6 Å². The standard InChI is InChI=1S/C12H16FNO/c1-3-12(2,8-14)11(15)9-5-4-6-10(13)7-9/h4-7H,3,8,14H2,1-2H3. The molecule has 0 bridgehead atoms. The molecule has 82 valence electrons. The maximum Gasteiger partial charge on any atom is 0.170 e. The number of Topliss-reactive ketones (excluding diaryl/α,β-unsaturated/α-hetero) is 1. The fourth-order valence-electron chi connectivity index (χ4n) is 1.38. The van der Waals surface area contributed by atoms with E-state index in [1.807, 2.05) is 6.92 Å². The maximum atomic E-state index is 12.9. The third-order valence-corrected chi connectivity index (χ3v) is 2.87. The molecule has 0 aromatic heterocycles. The highest BCUT2D eigenvalue weighted by atomic mass is 19.1. The number of rotatable bonds is 4. The summed E-state index contributed by atoms with van der Waals surface area (Å²) in [6.45, 7) is 3.99. The summed E-state index contributed by atoms with van der Waals surface area (Å²) in [7, 11) is 0. The zero-order valence-electron chi connectivity index (χ0n) is 9.09. The van der Waals surface area contributed by atoms with Gasteiger partial charge in [0.2, 0.25) is 0 Å². The monoisotopic (exact) mass is 209 g/mol. The molecule has 0 saturated carbocycles. The molecule has 1 aromatic rings. The van der Waals surface area contributed by atoms with E-state index in [9.17, 15) is 9.18 Å². The fourth-order valence-corrected chi connectivity index (χ4v) is 1.38. The second-order valence-corrected chi connectivity index (χ2v) is 3.96. The molecule has 1 unspecified atom stereocenters. The number of carbonyl (C=O) groups is 1. The van der Waals surface area contributed by atoms with E-state index < -0.39 is 11.2 Å². The average Bonchev–Trinajstić information content (AvgIpc) is 2.27. The molecular formula is C12H16FNO. The van der Waals surface area contributed by atoms with Crippen LogP contribution in [0, 0.1) is 11.2 Å². The Hall–Kier alpha value is -1.22. The van der Waals surface area contributed by atoms with Crippen LogP contribution in [0.3, 0.4) is 0 Å². The lowest BCUT2D eigenvalue weighted by Crippen LogP contribution is -2.35. The number of hydrogen-bond acceptors (Lipinski definition) is 2. The first kappa shape index (κ1) is 11.9. The third kappa shape index (κ3) is 2.42. The quantitative estimate of drug-likeness (QED) is 0.774. The van der Waals surface area contributed by atoms with Crippen LogP contribution in [-0.4, -0.2) is 12.3 Å². The lowest BCUT2D eigenvalue weighted by molar-refractivity contribution is 0.0819. The van der Waals surface area contributed by atoms with E-state index in [0.717, 1.165) is 0 Å². The predicted octanol–water partition coefficient (Wildman–Crippen LogP) is 2.38.